The van der Waals surface area contributed by atoms with E-state index < -0.39 is 6.10 Å². The fourth-order valence-corrected chi connectivity index (χ4v) is 2.03. The number of aryl methyl sites for hydroxylation is 1. The summed E-state index contributed by atoms with van der Waals surface area (Å²) in [5.74, 6) is 0. The van der Waals surface area contributed by atoms with Crippen molar-refractivity contribution in [2.24, 2.45) is 0 Å². The van der Waals surface area contributed by atoms with Crippen LogP contribution >= 0.6 is 11.3 Å². The molecule has 0 saturated carbocycles. The monoisotopic (exact) mass is 206 g/mol. The number of hydrogen-bond acceptors (Lipinski definition) is 4. The Labute approximate surface area is 86.1 Å². The van der Waals surface area contributed by atoms with Crippen LogP contribution in [0.2, 0.25) is 0 Å². The zero-order valence-corrected chi connectivity index (χ0v) is 8.53. The average molecular weight is 206 g/mol. The van der Waals surface area contributed by atoms with E-state index in [2.05, 4.69) is 9.97 Å². The maximum Gasteiger partial charge on any atom is 0.122 e. The zero-order valence-electron chi connectivity index (χ0n) is 7.71. The van der Waals surface area contributed by atoms with E-state index in [4.69, 9.17) is 0 Å². The van der Waals surface area contributed by atoms with Crippen LogP contribution in [0.4, 0.5) is 0 Å². The number of nitrogens with zero attached hydrogens (tertiary/aromatic N) is 2. The molecule has 1 unspecified atom stereocenters. The quantitative estimate of drug-likeness (QED) is 0.816. The standard InChI is InChI=1S/C10H10N2OS/c1-7-8(3-5-14-7)10(13)9-2-4-11-6-12-9/h2-6,10,13H,1H3. The highest BCUT2D eigenvalue weighted by molar-refractivity contribution is 7.10. The first-order valence-corrected chi connectivity index (χ1v) is 5.15. The van der Waals surface area contributed by atoms with Crippen molar-refractivity contribution >= 4 is 11.3 Å². The summed E-state index contributed by atoms with van der Waals surface area (Å²) in [5.41, 5.74) is 1.57. The summed E-state index contributed by atoms with van der Waals surface area (Å²) in [6.45, 7) is 1.99. The van der Waals surface area contributed by atoms with E-state index in [0.717, 1.165) is 10.4 Å². The number of thiophene rings is 1. The third-order valence-corrected chi connectivity index (χ3v) is 2.94. The minimum Gasteiger partial charge on any atom is -0.382 e. The number of rotatable bonds is 2. The molecule has 2 heterocycles. The molecule has 0 aromatic carbocycles. The molecule has 0 radical (unpaired) electrons. The van der Waals surface area contributed by atoms with Crippen LogP contribution in [0.3, 0.4) is 0 Å². The van der Waals surface area contributed by atoms with Gasteiger partial charge in [0.1, 0.15) is 12.4 Å². The van der Waals surface area contributed by atoms with E-state index >= 15 is 0 Å². The molecule has 14 heavy (non-hydrogen) atoms. The second-order valence-corrected chi connectivity index (χ2v) is 4.09. The maximum atomic E-state index is 9.98. The van der Waals surface area contributed by atoms with Gasteiger partial charge in [-0.05, 0) is 24.4 Å². The van der Waals surface area contributed by atoms with Crippen molar-refractivity contribution in [2.45, 2.75) is 13.0 Å². The van der Waals surface area contributed by atoms with Gasteiger partial charge in [-0.1, -0.05) is 0 Å². The normalized spacial score (nSPS) is 12.7. The van der Waals surface area contributed by atoms with Crippen LogP contribution in [0.5, 0.6) is 0 Å². The fraction of sp³-hybridized carbons (Fsp3) is 0.200. The Morgan fingerprint density at radius 3 is 2.86 bits per heavy atom. The van der Waals surface area contributed by atoms with Crippen LogP contribution in [-0.2, 0) is 0 Å². The number of aliphatic hydroxyl groups excluding tert-OH is 1. The van der Waals surface area contributed by atoms with Gasteiger partial charge >= 0.3 is 0 Å². The fourth-order valence-electron chi connectivity index (χ4n) is 1.30. The third kappa shape index (κ3) is 1.66. The van der Waals surface area contributed by atoms with Gasteiger partial charge in [0, 0.05) is 16.6 Å². The second kappa shape index (κ2) is 3.86. The molecule has 2 aromatic heterocycles. The Morgan fingerprint density at radius 1 is 1.43 bits per heavy atom. The molecule has 0 saturated heterocycles. The second-order valence-electron chi connectivity index (χ2n) is 2.97. The lowest BCUT2D eigenvalue weighted by atomic mass is 10.1. The first kappa shape index (κ1) is 9.30. The molecule has 72 valence electrons. The highest BCUT2D eigenvalue weighted by Crippen LogP contribution is 2.26. The Bertz CT molecular complexity index is 413. The van der Waals surface area contributed by atoms with Crippen molar-refractivity contribution in [3.8, 4) is 0 Å². The van der Waals surface area contributed by atoms with Crippen LogP contribution in [0.25, 0.3) is 0 Å². The van der Waals surface area contributed by atoms with Crippen molar-refractivity contribution in [1.82, 2.24) is 9.97 Å². The van der Waals surface area contributed by atoms with Gasteiger partial charge in [0.15, 0.2) is 0 Å². The molecular formula is C10H10N2OS. The molecule has 0 aliphatic rings. The van der Waals surface area contributed by atoms with E-state index in [1.807, 2.05) is 18.4 Å². The Balaban J connectivity index is 2.34. The Morgan fingerprint density at radius 2 is 2.29 bits per heavy atom. The summed E-state index contributed by atoms with van der Waals surface area (Å²) in [7, 11) is 0. The molecule has 4 heteroatoms. The molecule has 0 amide bonds. The smallest absolute Gasteiger partial charge is 0.122 e. The van der Waals surface area contributed by atoms with E-state index in [1.54, 1.807) is 23.6 Å². The van der Waals surface area contributed by atoms with Crippen LogP contribution in [-0.4, -0.2) is 15.1 Å². The van der Waals surface area contributed by atoms with Crippen molar-refractivity contribution in [2.75, 3.05) is 0 Å². The minimum atomic E-state index is -0.635. The van der Waals surface area contributed by atoms with E-state index in [-0.39, 0.29) is 0 Å². The largest absolute Gasteiger partial charge is 0.382 e. The molecule has 2 aromatic rings. The van der Waals surface area contributed by atoms with Crippen molar-refractivity contribution < 1.29 is 5.11 Å². The third-order valence-electron chi connectivity index (χ3n) is 2.08. The predicted molar refractivity (Wildman–Crippen MR) is 55.1 cm³/mol. The summed E-state index contributed by atoms with van der Waals surface area (Å²) in [5, 5.41) is 11.9. The topological polar surface area (TPSA) is 46.0 Å². The van der Waals surface area contributed by atoms with Gasteiger partial charge in [0.25, 0.3) is 0 Å². The lowest BCUT2D eigenvalue weighted by molar-refractivity contribution is 0.215. The molecule has 2 rings (SSSR count). The predicted octanol–water partition coefficient (Wildman–Crippen LogP) is 1.93. The number of aliphatic hydroxyl groups is 1. The van der Waals surface area contributed by atoms with Gasteiger partial charge in [-0.25, -0.2) is 9.97 Å². The first-order chi connectivity index (χ1) is 6.79. The highest BCUT2D eigenvalue weighted by Gasteiger charge is 2.14. The molecule has 0 aliphatic heterocycles. The zero-order chi connectivity index (χ0) is 9.97. The number of aromatic nitrogens is 2. The van der Waals surface area contributed by atoms with Crippen molar-refractivity contribution in [1.29, 1.82) is 0 Å². The minimum absolute atomic E-state index is 0.635. The Kier molecular flexibility index (Phi) is 2.56. The molecule has 1 N–H and O–H groups in total. The van der Waals surface area contributed by atoms with Gasteiger partial charge in [-0.15, -0.1) is 11.3 Å². The lowest BCUT2D eigenvalue weighted by Gasteiger charge is -2.08. The van der Waals surface area contributed by atoms with Crippen LogP contribution in [0, 0.1) is 6.92 Å². The van der Waals surface area contributed by atoms with Gasteiger partial charge in [0.2, 0.25) is 0 Å². The summed E-state index contributed by atoms with van der Waals surface area (Å²) in [4.78, 5) is 8.95. The SMILES string of the molecule is Cc1sccc1C(O)c1ccncn1. The van der Waals surface area contributed by atoms with Crippen molar-refractivity contribution in [3.63, 3.8) is 0 Å². The molecule has 0 spiro atoms. The van der Waals surface area contributed by atoms with Gasteiger partial charge < -0.3 is 5.11 Å². The molecule has 3 nitrogen and oxygen atoms in total. The van der Waals surface area contributed by atoms with Gasteiger partial charge in [-0.3, -0.25) is 0 Å². The summed E-state index contributed by atoms with van der Waals surface area (Å²) >= 11 is 1.62. The molecule has 0 fully saturated rings. The van der Waals surface area contributed by atoms with Gasteiger partial charge in [-0.2, -0.15) is 0 Å². The highest BCUT2D eigenvalue weighted by atomic mass is 32.1. The summed E-state index contributed by atoms with van der Waals surface area (Å²) in [6.07, 6.45) is 2.44. The van der Waals surface area contributed by atoms with Crippen LogP contribution < -0.4 is 0 Å². The summed E-state index contributed by atoms with van der Waals surface area (Å²) in [6, 6.07) is 3.65. The van der Waals surface area contributed by atoms with E-state index in [1.165, 1.54) is 6.33 Å². The number of hydrogen-bond donors (Lipinski definition) is 1. The first-order valence-electron chi connectivity index (χ1n) is 4.27. The van der Waals surface area contributed by atoms with Crippen LogP contribution in [0.1, 0.15) is 22.2 Å². The summed E-state index contributed by atoms with van der Waals surface area (Å²) < 4.78 is 0. The molecule has 0 aliphatic carbocycles. The van der Waals surface area contributed by atoms with E-state index in [9.17, 15) is 5.11 Å². The van der Waals surface area contributed by atoms with E-state index in [0.29, 0.717) is 5.69 Å². The average Bonchev–Trinajstić information content (AvgIpc) is 2.65. The van der Waals surface area contributed by atoms with Gasteiger partial charge in [0.05, 0.1) is 5.69 Å². The molecular weight excluding hydrogens is 196 g/mol. The van der Waals surface area contributed by atoms with Crippen LogP contribution in [0.15, 0.2) is 30.0 Å². The Hall–Kier alpha value is -1.26. The lowest BCUT2D eigenvalue weighted by Crippen LogP contribution is -2.02. The maximum absolute atomic E-state index is 9.98. The molecule has 0 bridgehead atoms. The molecule has 1 atom stereocenters. The van der Waals surface area contributed by atoms with Crippen molar-refractivity contribution in [3.05, 3.63) is 46.2 Å².